The van der Waals surface area contributed by atoms with Gasteiger partial charge in [-0.3, -0.25) is 0 Å². The van der Waals surface area contributed by atoms with Crippen LogP contribution in [0.1, 0.15) is 35.6 Å². The molecule has 5 heteroatoms. The largest absolute Gasteiger partial charge is 0.444 e. The summed E-state index contributed by atoms with van der Waals surface area (Å²) in [5.74, 6) is 2.41. The molecule has 24 heavy (non-hydrogen) atoms. The number of nitrogens with one attached hydrogen (secondary N) is 1. The lowest BCUT2D eigenvalue weighted by Crippen LogP contribution is -2.13. The Morgan fingerprint density at radius 1 is 1.04 bits per heavy atom. The number of oxazole rings is 1. The van der Waals surface area contributed by atoms with Crippen LogP contribution in [0.15, 0.2) is 41.0 Å². The molecule has 2 heterocycles. The van der Waals surface area contributed by atoms with Crippen LogP contribution >= 0.6 is 0 Å². The second kappa shape index (κ2) is 6.43. The minimum atomic E-state index is 0.596. The van der Waals surface area contributed by atoms with E-state index in [2.05, 4.69) is 20.3 Å². The minimum absolute atomic E-state index is 0.596. The summed E-state index contributed by atoms with van der Waals surface area (Å²) >= 11 is 0. The summed E-state index contributed by atoms with van der Waals surface area (Å²) in [5.41, 5.74) is 4.31. The summed E-state index contributed by atoms with van der Waals surface area (Å²) in [4.78, 5) is 13.7. The number of hydrogen-bond acceptors (Lipinski definition) is 5. The molecule has 2 aromatic heterocycles. The summed E-state index contributed by atoms with van der Waals surface area (Å²) in [6.45, 7) is 2.54. The molecule has 4 rings (SSSR count). The second-order valence-corrected chi connectivity index (χ2v) is 6.12. The first-order valence-corrected chi connectivity index (χ1v) is 8.40. The smallest absolute Gasteiger partial charge is 0.226 e. The molecule has 0 saturated carbocycles. The predicted octanol–water partition coefficient (Wildman–Crippen LogP) is 3.93. The van der Waals surface area contributed by atoms with Crippen molar-refractivity contribution in [3.8, 4) is 11.5 Å². The fourth-order valence-electron chi connectivity index (χ4n) is 3.14. The summed E-state index contributed by atoms with van der Waals surface area (Å²) in [6, 6.07) is 9.93. The van der Waals surface area contributed by atoms with Crippen molar-refractivity contribution in [1.29, 1.82) is 0 Å². The van der Waals surface area contributed by atoms with Crippen molar-refractivity contribution in [1.82, 2.24) is 15.0 Å². The number of rotatable bonds is 4. The Morgan fingerprint density at radius 3 is 2.75 bits per heavy atom. The fourth-order valence-corrected chi connectivity index (χ4v) is 3.14. The van der Waals surface area contributed by atoms with Gasteiger partial charge in [0.05, 0.1) is 12.2 Å². The number of hydrogen-bond donors (Lipinski definition) is 1. The molecule has 122 valence electrons. The Labute approximate surface area is 141 Å². The van der Waals surface area contributed by atoms with Gasteiger partial charge in [-0.1, -0.05) is 18.2 Å². The van der Waals surface area contributed by atoms with Crippen molar-refractivity contribution in [3.05, 3.63) is 59.4 Å². The molecular weight excluding hydrogens is 300 g/mol. The molecule has 0 saturated heterocycles. The maximum atomic E-state index is 5.59. The van der Waals surface area contributed by atoms with Gasteiger partial charge in [0, 0.05) is 16.8 Å². The minimum Gasteiger partial charge on any atom is -0.444 e. The lowest BCUT2D eigenvalue weighted by molar-refractivity contribution is 0.573. The zero-order chi connectivity index (χ0) is 16.4. The Kier molecular flexibility index (Phi) is 3.99. The Hall–Kier alpha value is -2.69. The lowest BCUT2D eigenvalue weighted by atomic mass is 9.96. The van der Waals surface area contributed by atoms with Crippen LogP contribution in [-0.4, -0.2) is 15.0 Å². The number of aromatic nitrogens is 3. The first-order chi connectivity index (χ1) is 11.8. The van der Waals surface area contributed by atoms with E-state index < -0.39 is 0 Å². The zero-order valence-electron chi connectivity index (χ0n) is 13.7. The van der Waals surface area contributed by atoms with Gasteiger partial charge in [0.1, 0.15) is 17.9 Å². The maximum Gasteiger partial charge on any atom is 0.226 e. The highest BCUT2D eigenvalue weighted by molar-refractivity contribution is 5.53. The number of benzene rings is 1. The molecule has 1 aliphatic carbocycles. The third kappa shape index (κ3) is 3.02. The van der Waals surface area contributed by atoms with Gasteiger partial charge in [0.15, 0.2) is 0 Å². The molecule has 0 atom stereocenters. The van der Waals surface area contributed by atoms with Gasteiger partial charge in [0.2, 0.25) is 5.89 Å². The van der Waals surface area contributed by atoms with Gasteiger partial charge < -0.3 is 9.73 Å². The van der Waals surface area contributed by atoms with E-state index in [-0.39, 0.29) is 0 Å². The Morgan fingerprint density at radius 2 is 1.88 bits per heavy atom. The third-order valence-electron chi connectivity index (χ3n) is 4.30. The second-order valence-electron chi connectivity index (χ2n) is 6.12. The van der Waals surface area contributed by atoms with Gasteiger partial charge in [0.25, 0.3) is 0 Å². The molecule has 1 aliphatic rings. The average Bonchev–Trinajstić information content (AvgIpc) is 3.09. The highest BCUT2D eigenvalue weighted by atomic mass is 16.3. The fraction of sp³-hybridized carbons (Fsp3) is 0.316. The maximum absolute atomic E-state index is 5.59. The third-order valence-corrected chi connectivity index (χ3v) is 4.30. The molecule has 0 spiro atoms. The SMILES string of the molecule is Cc1nc2c(c(NCc3coc(-c4ccccc4)n3)n1)CCCC2. The van der Waals surface area contributed by atoms with Crippen molar-refractivity contribution in [2.45, 2.75) is 39.2 Å². The van der Waals surface area contributed by atoms with E-state index in [1.807, 2.05) is 37.3 Å². The molecule has 1 aromatic carbocycles. The van der Waals surface area contributed by atoms with Gasteiger partial charge in [-0.2, -0.15) is 0 Å². The van der Waals surface area contributed by atoms with Crippen molar-refractivity contribution >= 4 is 5.82 Å². The van der Waals surface area contributed by atoms with Crippen molar-refractivity contribution in [3.63, 3.8) is 0 Å². The Balaban J connectivity index is 1.52. The zero-order valence-corrected chi connectivity index (χ0v) is 13.7. The highest BCUT2D eigenvalue weighted by Gasteiger charge is 2.17. The van der Waals surface area contributed by atoms with E-state index in [1.165, 1.54) is 24.1 Å². The first-order valence-electron chi connectivity index (χ1n) is 8.40. The average molecular weight is 320 g/mol. The molecular formula is C19H20N4O. The normalized spacial score (nSPS) is 13.5. The molecule has 0 bridgehead atoms. The first kappa shape index (κ1) is 14.9. The summed E-state index contributed by atoms with van der Waals surface area (Å²) in [7, 11) is 0. The van der Waals surface area contributed by atoms with E-state index in [1.54, 1.807) is 6.26 Å². The van der Waals surface area contributed by atoms with E-state index in [4.69, 9.17) is 4.42 Å². The van der Waals surface area contributed by atoms with Crippen LogP contribution < -0.4 is 5.32 Å². The summed E-state index contributed by atoms with van der Waals surface area (Å²) in [6.07, 6.45) is 6.22. The van der Waals surface area contributed by atoms with Gasteiger partial charge >= 0.3 is 0 Å². The molecule has 1 N–H and O–H groups in total. The van der Waals surface area contributed by atoms with Gasteiger partial charge in [-0.15, -0.1) is 0 Å². The van der Waals surface area contributed by atoms with Crippen molar-refractivity contribution < 1.29 is 4.42 Å². The molecule has 0 aliphatic heterocycles. The topological polar surface area (TPSA) is 63.8 Å². The number of aryl methyl sites for hydroxylation is 2. The van der Waals surface area contributed by atoms with Crippen LogP contribution in [0.5, 0.6) is 0 Å². The molecule has 0 fully saturated rings. The molecule has 0 unspecified atom stereocenters. The van der Waals surface area contributed by atoms with Crippen molar-refractivity contribution in [2.75, 3.05) is 5.32 Å². The van der Waals surface area contributed by atoms with Crippen molar-refractivity contribution in [2.24, 2.45) is 0 Å². The van der Waals surface area contributed by atoms with Crippen LogP contribution in [0.4, 0.5) is 5.82 Å². The van der Waals surface area contributed by atoms with Crippen LogP contribution in [-0.2, 0) is 19.4 Å². The van der Waals surface area contributed by atoms with E-state index in [0.29, 0.717) is 12.4 Å². The van der Waals surface area contributed by atoms with Gasteiger partial charge in [-0.25, -0.2) is 15.0 Å². The molecule has 0 amide bonds. The number of anilines is 1. The van der Waals surface area contributed by atoms with Crippen LogP contribution in [0.3, 0.4) is 0 Å². The van der Waals surface area contributed by atoms with Crippen LogP contribution in [0, 0.1) is 6.92 Å². The molecule has 3 aromatic rings. The molecule has 0 radical (unpaired) electrons. The van der Waals surface area contributed by atoms with Crippen LogP contribution in [0.25, 0.3) is 11.5 Å². The monoisotopic (exact) mass is 320 g/mol. The van der Waals surface area contributed by atoms with E-state index in [9.17, 15) is 0 Å². The van der Waals surface area contributed by atoms with E-state index >= 15 is 0 Å². The Bertz CT molecular complexity index is 842. The highest BCUT2D eigenvalue weighted by Crippen LogP contribution is 2.26. The molecule has 5 nitrogen and oxygen atoms in total. The number of fused-ring (bicyclic) bond motifs is 1. The van der Waals surface area contributed by atoms with E-state index in [0.717, 1.165) is 35.7 Å². The standard InChI is InChI=1S/C19H20N4O/c1-13-21-17-10-6-5-9-16(17)18(22-13)20-11-15-12-24-19(23-15)14-7-3-2-4-8-14/h2-4,7-8,12H,5-6,9-11H2,1H3,(H,20,21,22). The van der Waals surface area contributed by atoms with Crippen LogP contribution in [0.2, 0.25) is 0 Å². The summed E-state index contributed by atoms with van der Waals surface area (Å²) < 4.78 is 5.59. The quantitative estimate of drug-likeness (QED) is 0.789. The lowest BCUT2D eigenvalue weighted by Gasteiger charge is -2.18. The predicted molar refractivity (Wildman–Crippen MR) is 92.7 cm³/mol. The summed E-state index contributed by atoms with van der Waals surface area (Å²) in [5, 5.41) is 3.42. The number of nitrogens with zero attached hydrogens (tertiary/aromatic N) is 3. The van der Waals surface area contributed by atoms with Gasteiger partial charge in [-0.05, 0) is 44.7 Å².